The minimum atomic E-state index is 0.713. The molecule has 1 saturated carbocycles. The molecule has 0 bridgehead atoms. The van der Waals surface area contributed by atoms with Crippen LogP contribution in [0.25, 0.3) is 17.4 Å². The van der Waals surface area contributed by atoms with Gasteiger partial charge in [-0.15, -0.1) is 0 Å². The molecule has 0 N–H and O–H groups in total. The molecule has 2 aromatic rings. The van der Waals surface area contributed by atoms with Gasteiger partial charge in [-0.25, -0.2) is 0 Å². The van der Waals surface area contributed by atoms with E-state index in [0.717, 1.165) is 22.4 Å². The van der Waals surface area contributed by atoms with Gasteiger partial charge >= 0.3 is 0 Å². The smallest absolute Gasteiger partial charge is 0.136 e. The van der Waals surface area contributed by atoms with Crippen LogP contribution in [0.5, 0.6) is 0 Å². The molecule has 21 heavy (non-hydrogen) atoms. The second-order valence-corrected chi connectivity index (χ2v) is 6.19. The topological polar surface area (TPSA) is 26.0 Å². The van der Waals surface area contributed by atoms with Crippen LogP contribution >= 0.6 is 15.9 Å². The third kappa shape index (κ3) is 3.65. The summed E-state index contributed by atoms with van der Waals surface area (Å²) in [6.07, 6.45) is 12.5. The molecule has 0 aliphatic heterocycles. The zero-order valence-electron chi connectivity index (χ0n) is 12.1. The number of hydrogen-bond acceptors (Lipinski definition) is 2. The van der Waals surface area contributed by atoms with Crippen molar-refractivity contribution in [3.8, 4) is 11.3 Å². The molecule has 2 nitrogen and oxygen atoms in total. The van der Waals surface area contributed by atoms with Crippen LogP contribution in [0.1, 0.15) is 37.9 Å². The monoisotopic (exact) mass is 345 g/mol. The lowest BCUT2D eigenvalue weighted by molar-refractivity contribution is 0.405. The highest BCUT2D eigenvalue weighted by molar-refractivity contribution is 9.09. The van der Waals surface area contributed by atoms with Crippen LogP contribution < -0.4 is 0 Å². The predicted molar refractivity (Wildman–Crippen MR) is 90.3 cm³/mol. The largest absolute Gasteiger partial charge is 0.457 e. The number of hydrogen-bond donors (Lipinski definition) is 0. The van der Waals surface area contributed by atoms with Crippen molar-refractivity contribution in [2.45, 2.75) is 32.1 Å². The van der Waals surface area contributed by atoms with E-state index in [1.54, 1.807) is 6.20 Å². The fraction of sp³-hybridized carbons (Fsp3) is 0.389. The number of nitrogens with zero attached hydrogens (tertiary/aromatic N) is 1. The minimum absolute atomic E-state index is 0.713. The van der Waals surface area contributed by atoms with E-state index in [2.05, 4.69) is 27.0 Å². The second-order valence-electron chi connectivity index (χ2n) is 5.63. The van der Waals surface area contributed by atoms with Crippen LogP contribution in [0.15, 0.2) is 46.6 Å². The molecule has 0 unspecified atom stereocenters. The number of furan rings is 1. The van der Waals surface area contributed by atoms with E-state index in [0.29, 0.717) is 5.92 Å². The Morgan fingerprint density at radius 3 is 2.81 bits per heavy atom. The van der Waals surface area contributed by atoms with Crippen LogP contribution in [-0.2, 0) is 0 Å². The molecule has 0 spiro atoms. The molecule has 2 aromatic heterocycles. The Hall–Kier alpha value is -1.35. The van der Waals surface area contributed by atoms with Crippen molar-refractivity contribution in [3.05, 3.63) is 48.0 Å². The Morgan fingerprint density at radius 2 is 2.10 bits per heavy atom. The quantitative estimate of drug-likeness (QED) is 0.664. The van der Waals surface area contributed by atoms with Gasteiger partial charge in [0.05, 0.1) is 0 Å². The van der Waals surface area contributed by atoms with Gasteiger partial charge in [0.2, 0.25) is 0 Å². The van der Waals surface area contributed by atoms with Gasteiger partial charge in [0, 0.05) is 23.3 Å². The van der Waals surface area contributed by atoms with E-state index < -0.39 is 0 Å². The van der Waals surface area contributed by atoms with Gasteiger partial charge < -0.3 is 4.42 Å². The maximum absolute atomic E-state index is 5.96. The fourth-order valence-electron chi connectivity index (χ4n) is 3.02. The van der Waals surface area contributed by atoms with Crippen LogP contribution in [0.4, 0.5) is 0 Å². The van der Waals surface area contributed by atoms with Crippen molar-refractivity contribution >= 4 is 22.0 Å². The first-order valence-electron chi connectivity index (χ1n) is 7.63. The molecule has 0 amide bonds. The molecule has 1 aliphatic rings. The lowest BCUT2D eigenvalue weighted by Crippen LogP contribution is -2.09. The summed E-state index contributed by atoms with van der Waals surface area (Å²) in [6, 6.07) is 8.02. The Kier molecular flexibility index (Phi) is 4.91. The van der Waals surface area contributed by atoms with Gasteiger partial charge in [0.25, 0.3) is 0 Å². The highest BCUT2D eigenvalue weighted by Gasteiger charge is 2.17. The Bertz CT molecular complexity index is 597. The molecule has 110 valence electrons. The van der Waals surface area contributed by atoms with Gasteiger partial charge in [-0.3, -0.25) is 4.98 Å². The Balaban J connectivity index is 1.80. The maximum atomic E-state index is 5.96. The van der Waals surface area contributed by atoms with E-state index in [9.17, 15) is 0 Å². The summed E-state index contributed by atoms with van der Waals surface area (Å²) in [5.74, 6) is 2.53. The number of allylic oxidation sites excluding steroid dienone is 1. The average molecular weight is 346 g/mol. The van der Waals surface area contributed by atoms with E-state index in [1.807, 2.05) is 30.5 Å². The van der Waals surface area contributed by atoms with Gasteiger partial charge in [-0.05, 0) is 49.1 Å². The van der Waals surface area contributed by atoms with Gasteiger partial charge in [0.1, 0.15) is 11.5 Å². The summed E-state index contributed by atoms with van der Waals surface area (Å²) in [5, 5.41) is 0.931. The van der Waals surface area contributed by atoms with Crippen molar-refractivity contribution in [1.82, 2.24) is 4.98 Å². The Morgan fingerprint density at radius 1 is 1.24 bits per heavy atom. The highest BCUT2D eigenvalue weighted by Crippen LogP contribution is 2.32. The maximum Gasteiger partial charge on any atom is 0.136 e. The van der Waals surface area contributed by atoms with Crippen molar-refractivity contribution < 1.29 is 4.42 Å². The van der Waals surface area contributed by atoms with Gasteiger partial charge in [0.15, 0.2) is 0 Å². The molecule has 3 heteroatoms. The molecule has 1 aliphatic carbocycles. The van der Waals surface area contributed by atoms with Crippen LogP contribution in [0.3, 0.4) is 0 Å². The zero-order chi connectivity index (χ0) is 14.5. The molecule has 1 fully saturated rings. The summed E-state index contributed by atoms with van der Waals surface area (Å²) in [7, 11) is 0. The normalized spacial score (nSPS) is 17.1. The second kappa shape index (κ2) is 7.08. The lowest BCUT2D eigenvalue weighted by atomic mass is 9.84. The number of alkyl halides is 1. The van der Waals surface area contributed by atoms with E-state index in [1.165, 1.54) is 37.7 Å². The SMILES string of the molecule is BrC/C(=C/c1ccc(-c2cccnc2)o1)C1CCCCC1. The fourth-order valence-corrected chi connectivity index (χ4v) is 3.64. The first-order chi connectivity index (χ1) is 10.4. The van der Waals surface area contributed by atoms with Crippen LogP contribution in [-0.4, -0.2) is 10.3 Å². The molecular weight excluding hydrogens is 326 g/mol. The summed E-state index contributed by atoms with van der Waals surface area (Å²) in [5.41, 5.74) is 2.48. The first-order valence-corrected chi connectivity index (χ1v) is 8.75. The first kappa shape index (κ1) is 14.6. The lowest BCUT2D eigenvalue weighted by Gasteiger charge is -2.23. The van der Waals surface area contributed by atoms with Crippen molar-refractivity contribution in [3.63, 3.8) is 0 Å². The van der Waals surface area contributed by atoms with Gasteiger partial charge in [-0.1, -0.05) is 40.8 Å². The molecule has 0 radical (unpaired) electrons. The number of pyridine rings is 1. The number of rotatable bonds is 4. The van der Waals surface area contributed by atoms with Crippen LogP contribution in [0.2, 0.25) is 0 Å². The van der Waals surface area contributed by atoms with Crippen molar-refractivity contribution in [2.24, 2.45) is 5.92 Å². The number of halogens is 1. The van der Waals surface area contributed by atoms with Crippen molar-refractivity contribution in [1.29, 1.82) is 0 Å². The summed E-state index contributed by atoms with van der Waals surface area (Å²) in [4.78, 5) is 4.14. The molecule has 3 rings (SSSR count). The Labute approximate surface area is 134 Å². The molecule has 2 heterocycles. The standard InChI is InChI=1S/C18H20BrNO/c19-12-16(14-5-2-1-3-6-14)11-17-8-9-18(21-17)15-7-4-10-20-13-15/h4,7-11,13-14H,1-3,5-6,12H2/b16-11-. The highest BCUT2D eigenvalue weighted by atomic mass is 79.9. The summed E-state index contributed by atoms with van der Waals surface area (Å²) < 4.78 is 5.96. The van der Waals surface area contributed by atoms with E-state index in [-0.39, 0.29) is 0 Å². The summed E-state index contributed by atoms with van der Waals surface area (Å²) >= 11 is 3.64. The zero-order valence-corrected chi connectivity index (χ0v) is 13.7. The molecule has 0 atom stereocenters. The predicted octanol–water partition coefficient (Wildman–Crippen LogP) is 5.70. The van der Waals surface area contributed by atoms with Gasteiger partial charge in [-0.2, -0.15) is 0 Å². The van der Waals surface area contributed by atoms with Crippen molar-refractivity contribution in [2.75, 3.05) is 5.33 Å². The molecule has 0 saturated heterocycles. The third-order valence-corrected chi connectivity index (χ3v) is 4.83. The molecular formula is C18H20BrNO. The molecule has 0 aromatic carbocycles. The number of aromatic nitrogens is 1. The van der Waals surface area contributed by atoms with Crippen LogP contribution in [0, 0.1) is 5.92 Å². The van der Waals surface area contributed by atoms with E-state index >= 15 is 0 Å². The van der Waals surface area contributed by atoms with E-state index in [4.69, 9.17) is 4.42 Å². The summed E-state index contributed by atoms with van der Waals surface area (Å²) in [6.45, 7) is 0. The minimum Gasteiger partial charge on any atom is -0.457 e. The third-order valence-electron chi connectivity index (χ3n) is 4.18. The average Bonchev–Trinajstić information content (AvgIpc) is 3.03.